The second kappa shape index (κ2) is 15.0. The predicted octanol–water partition coefficient (Wildman–Crippen LogP) is 6.22. The van der Waals surface area contributed by atoms with Gasteiger partial charge in [-0.15, -0.1) is 0 Å². The van der Waals surface area contributed by atoms with Gasteiger partial charge in [0.2, 0.25) is 11.8 Å². The Morgan fingerprint density at radius 3 is 2.14 bits per heavy atom. The van der Waals surface area contributed by atoms with Gasteiger partial charge in [0, 0.05) is 12.6 Å². The van der Waals surface area contributed by atoms with Crippen molar-refractivity contribution < 1.29 is 19.1 Å². The van der Waals surface area contributed by atoms with Gasteiger partial charge in [-0.05, 0) is 78.4 Å². The molecule has 7 heteroatoms. The van der Waals surface area contributed by atoms with E-state index >= 15 is 0 Å². The molecule has 0 aromatic heterocycles. The summed E-state index contributed by atoms with van der Waals surface area (Å²) in [5, 5.41) is 5.84. The minimum Gasteiger partial charge on any atom is -0.444 e. The molecule has 0 fully saturated rings. The summed E-state index contributed by atoms with van der Waals surface area (Å²) in [4.78, 5) is 42.2. The average Bonchev–Trinajstić information content (AvgIpc) is 2.73. The van der Waals surface area contributed by atoms with E-state index in [9.17, 15) is 14.4 Å². The van der Waals surface area contributed by atoms with Gasteiger partial charge in [0.25, 0.3) is 0 Å². The summed E-state index contributed by atoms with van der Waals surface area (Å²) in [7, 11) is 0. The molecule has 0 aliphatic heterocycles. The lowest BCUT2D eigenvalue weighted by molar-refractivity contribution is -0.143. The van der Waals surface area contributed by atoms with E-state index in [1.54, 1.807) is 25.7 Å². The predicted molar refractivity (Wildman–Crippen MR) is 150 cm³/mol. The Morgan fingerprint density at radius 2 is 1.62 bits per heavy atom. The van der Waals surface area contributed by atoms with Crippen LogP contribution in [0, 0.1) is 19.8 Å². The number of unbranched alkanes of at least 4 members (excludes halogenated alkanes) is 3. The van der Waals surface area contributed by atoms with Crippen LogP contribution in [0.3, 0.4) is 0 Å². The van der Waals surface area contributed by atoms with Crippen LogP contribution in [0.1, 0.15) is 110 Å². The molecular weight excluding hydrogens is 466 g/mol. The van der Waals surface area contributed by atoms with Gasteiger partial charge in [-0.3, -0.25) is 9.59 Å². The minimum atomic E-state index is -0.805. The van der Waals surface area contributed by atoms with Gasteiger partial charge in [0.15, 0.2) is 0 Å². The molecule has 2 atom stereocenters. The van der Waals surface area contributed by atoms with Gasteiger partial charge in [-0.25, -0.2) is 4.79 Å². The Bertz CT molecular complexity index is 889. The summed E-state index contributed by atoms with van der Waals surface area (Å²) in [5.41, 5.74) is 2.16. The smallest absolute Gasteiger partial charge is 0.408 e. The van der Waals surface area contributed by atoms with Gasteiger partial charge >= 0.3 is 6.09 Å². The lowest BCUT2D eigenvalue weighted by atomic mass is 9.95. The van der Waals surface area contributed by atoms with Crippen LogP contribution in [0.5, 0.6) is 0 Å². The van der Waals surface area contributed by atoms with Crippen LogP contribution >= 0.6 is 0 Å². The highest BCUT2D eigenvalue weighted by molar-refractivity contribution is 5.92. The third-order valence-electron chi connectivity index (χ3n) is 5.94. The van der Waals surface area contributed by atoms with Crippen molar-refractivity contribution in [2.24, 2.45) is 5.92 Å². The van der Waals surface area contributed by atoms with Crippen molar-refractivity contribution in [3.05, 3.63) is 34.9 Å². The quantitative estimate of drug-likeness (QED) is 0.304. The largest absolute Gasteiger partial charge is 0.444 e. The maximum Gasteiger partial charge on any atom is 0.408 e. The maximum atomic E-state index is 14.2. The molecule has 0 saturated heterocycles. The number of carbonyl (C=O) groups is 3. The minimum absolute atomic E-state index is 0.0795. The molecule has 0 radical (unpaired) electrons. The number of alkyl carbamates (subject to hydrolysis) is 1. The average molecular weight is 518 g/mol. The number of rotatable bonds is 13. The topological polar surface area (TPSA) is 87.7 Å². The zero-order valence-corrected chi connectivity index (χ0v) is 24.9. The number of benzene rings is 1. The van der Waals surface area contributed by atoms with Crippen molar-refractivity contribution in [3.63, 3.8) is 0 Å². The molecule has 7 nitrogen and oxygen atoms in total. The molecule has 0 saturated carbocycles. The van der Waals surface area contributed by atoms with E-state index in [2.05, 4.69) is 17.6 Å². The summed E-state index contributed by atoms with van der Waals surface area (Å²) in [6, 6.07) is 4.27. The molecule has 2 unspecified atom stereocenters. The van der Waals surface area contributed by atoms with E-state index in [0.29, 0.717) is 13.0 Å². The van der Waals surface area contributed by atoms with Gasteiger partial charge in [-0.1, -0.05) is 63.8 Å². The fourth-order valence-corrected chi connectivity index (χ4v) is 4.36. The standard InChI is InChI=1S/C30H51N3O4/c1-11-12-13-14-17-33(28(35)25(18-20(2)3)32-29(36)37-30(8,9)10)26(27(34)31-21(4)5)24-16-15-22(6)19-23(24)7/h15-16,19-21,25-26H,11-14,17-18H2,1-10H3,(H,31,34)(H,32,36). The molecular formula is C30H51N3O4. The van der Waals surface area contributed by atoms with Crippen LogP contribution in [-0.4, -0.2) is 47.0 Å². The fraction of sp³-hybridized carbons (Fsp3) is 0.700. The van der Waals surface area contributed by atoms with Crippen LogP contribution in [0.2, 0.25) is 0 Å². The van der Waals surface area contributed by atoms with Gasteiger partial charge in [0.05, 0.1) is 0 Å². The molecule has 2 N–H and O–H groups in total. The van der Waals surface area contributed by atoms with Crippen molar-refractivity contribution >= 4 is 17.9 Å². The fourth-order valence-electron chi connectivity index (χ4n) is 4.36. The number of nitrogens with zero attached hydrogens (tertiary/aromatic N) is 1. The summed E-state index contributed by atoms with van der Waals surface area (Å²) < 4.78 is 5.47. The SMILES string of the molecule is CCCCCCN(C(=O)C(CC(C)C)NC(=O)OC(C)(C)C)C(C(=O)NC(C)C)c1ccc(C)cc1C. The van der Waals surface area contributed by atoms with Gasteiger partial charge in [-0.2, -0.15) is 0 Å². The van der Waals surface area contributed by atoms with Crippen LogP contribution in [-0.2, 0) is 14.3 Å². The highest BCUT2D eigenvalue weighted by atomic mass is 16.6. The highest BCUT2D eigenvalue weighted by Gasteiger charge is 2.37. The number of carbonyl (C=O) groups excluding carboxylic acids is 3. The van der Waals surface area contributed by atoms with Gasteiger partial charge < -0.3 is 20.3 Å². The van der Waals surface area contributed by atoms with E-state index in [-0.39, 0.29) is 23.8 Å². The van der Waals surface area contributed by atoms with Gasteiger partial charge in [0.1, 0.15) is 17.7 Å². The molecule has 1 aromatic rings. The molecule has 1 rings (SSSR count). The number of ether oxygens (including phenoxy) is 1. The summed E-state index contributed by atoms with van der Waals surface area (Å²) in [6.45, 7) is 19.8. The molecule has 0 aliphatic rings. The first-order chi connectivity index (χ1) is 17.2. The first-order valence-corrected chi connectivity index (χ1v) is 13.8. The molecule has 0 aliphatic carbocycles. The highest BCUT2D eigenvalue weighted by Crippen LogP contribution is 2.28. The molecule has 0 spiro atoms. The molecule has 0 heterocycles. The van der Waals surface area contributed by atoms with E-state index in [1.165, 1.54) is 0 Å². The number of hydrogen-bond acceptors (Lipinski definition) is 4. The molecule has 37 heavy (non-hydrogen) atoms. The number of aryl methyl sites for hydroxylation is 2. The van der Waals surface area contributed by atoms with E-state index in [1.807, 2.05) is 59.7 Å². The third-order valence-corrected chi connectivity index (χ3v) is 5.94. The molecule has 1 aromatic carbocycles. The van der Waals surface area contributed by atoms with Crippen LogP contribution in [0.15, 0.2) is 18.2 Å². The summed E-state index contributed by atoms with van der Waals surface area (Å²) in [6.07, 6.45) is 3.66. The second-order valence-corrected chi connectivity index (χ2v) is 11.8. The first kappa shape index (κ1) is 32.5. The Hall–Kier alpha value is -2.57. The van der Waals surface area contributed by atoms with Crippen molar-refractivity contribution in [3.8, 4) is 0 Å². The zero-order chi connectivity index (χ0) is 28.3. The second-order valence-electron chi connectivity index (χ2n) is 11.8. The summed E-state index contributed by atoms with van der Waals surface area (Å²) in [5.74, 6) is -0.332. The lowest BCUT2D eigenvalue weighted by Crippen LogP contribution is -2.54. The molecule has 210 valence electrons. The van der Waals surface area contributed by atoms with Crippen molar-refractivity contribution in [2.75, 3.05) is 6.54 Å². The van der Waals surface area contributed by atoms with Crippen molar-refractivity contribution in [1.29, 1.82) is 0 Å². The van der Waals surface area contributed by atoms with Crippen LogP contribution in [0.25, 0.3) is 0 Å². The van der Waals surface area contributed by atoms with E-state index in [0.717, 1.165) is 42.4 Å². The van der Waals surface area contributed by atoms with Crippen LogP contribution < -0.4 is 10.6 Å². The Balaban J connectivity index is 3.54. The van der Waals surface area contributed by atoms with E-state index < -0.39 is 23.8 Å². The summed E-state index contributed by atoms with van der Waals surface area (Å²) >= 11 is 0. The monoisotopic (exact) mass is 517 g/mol. The number of hydrogen-bond donors (Lipinski definition) is 2. The number of amides is 3. The molecule has 0 bridgehead atoms. The Kier molecular flexibility index (Phi) is 13.2. The maximum absolute atomic E-state index is 14.2. The Morgan fingerprint density at radius 1 is 0.973 bits per heavy atom. The number of nitrogens with one attached hydrogen (secondary N) is 2. The van der Waals surface area contributed by atoms with E-state index in [4.69, 9.17) is 4.74 Å². The Labute approximate surface area is 225 Å². The third kappa shape index (κ3) is 11.6. The first-order valence-electron chi connectivity index (χ1n) is 13.8. The van der Waals surface area contributed by atoms with Crippen LogP contribution in [0.4, 0.5) is 4.79 Å². The lowest BCUT2D eigenvalue weighted by Gasteiger charge is -2.36. The van der Waals surface area contributed by atoms with Crippen molar-refractivity contribution in [2.45, 2.75) is 125 Å². The zero-order valence-electron chi connectivity index (χ0n) is 24.9. The van der Waals surface area contributed by atoms with Crippen molar-refractivity contribution in [1.82, 2.24) is 15.5 Å². The normalized spacial score (nSPS) is 13.3. The molecule has 3 amide bonds.